The van der Waals surface area contributed by atoms with Gasteiger partial charge in [0.05, 0.1) is 0 Å². The molecule has 0 aromatic heterocycles. The maximum Gasteiger partial charge on any atom is 0.460 e. The van der Waals surface area contributed by atoms with Crippen molar-refractivity contribution in [3.05, 3.63) is 12.2 Å². The molecule has 0 unspecified atom stereocenters. The lowest BCUT2D eigenvalue weighted by Crippen LogP contribution is -2.65. The number of sulfonamides is 1. The van der Waals surface area contributed by atoms with Gasteiger partial charge in [-0.15, -0.1) is 0 Å². The Morgan fingerprint density at radius 3 is 1.76 bits per heavy atom. The summed E-state index contributed by atoms with van der Waals surface area (Å²) in [5.74, 6) is -15.4. The molecule has 0 bridgehead atoms. The maximum absolute atomic E-state index is 13.6. The Morgan fingerprint density at radius 1 is 0.931 bits per heavy atom. The van der Waals surface area contributed by atoms with Crippen molar-refractivity contribution in [1.29, 1.82) is 0 Å². The van der Waals surface area contributed by atoms with Gasteiger partial charge in [0.15, 0.2) is 0 Å². The summed E-state index contributed by atoms with van der Waals surface area (Å²) in [5.41, 5.74) is 0.0419. The van der Waals surface area contributed by atoms with Gasteiger partial charge in [-0.2, -0.15) is 39.5 Å². The first-order valence-electron chi connectivity index (χ1n) is 7.86. The summed E-state index contributed by atoms with van der Waals surface area (Å²) in [6.07, 6.45) is -8.76. The van der Waals surface area contributed by atoms with Crippen LogP contribution >= 0.6 is 0 Å². The van der Waals surface area contributed by atoms with E-state index in [4.69, 9.17) is 4.74 Å². The zero-order valence-corrected chi connectivity index (χ0v) is 15.4. The van der Waals surface area contributed by atoms with Gasteiger partial charge in [-0.3, -0.25) is 0 Å². The third kappa shape index (κ3) is 4.81. The minimum atomic E-state index is -7.31. The van der Waals surface area contributed by atoms with Crippen molar-refractivity contribution in [2.45, 2.75) is 68.0 Å². The molecule has 0 aromatic rings. The third-order valence-electron chi connectivity index (χ3n) is 4.07. The number of carbonyl (C=O) groups is 1. The zero-order chi connectivity index (χ0) is 23.1. The molecule has 0 heterocycles. The molecule has 1 saturated carbocycles. The second kappa shape index (κ2) is 7.96. The number of esters is 1. The zero-order valence-electron chi connectivity index (χ0n) is 14.6. The molecule has 0 saturated heterocycles. The first-order valence-corrected chi connectivity index (χ1v) is 9.34. The number of ether oxygens (including phenoxy) is 1. The van der Waals surface area contributed by atoms with Crippen molar-refractivity contribution in [2.75, 3.05) is 0 Å². The maximum atomic E-state index is 13.6. The molecule has 1 aliphatic rings. The highest BCUT2D eigenvalue weighted by Crippen LogP contribution is 2.54. The predicted octanol–water partition coefficient (Wildman–Crippen LogP) is 3.76. The molecule has 5 nitrogen and oxygen atoms in total. The van der Waals surface area contributed by atoms with Gasteiger partial charge in [0.1, 0.15) is 6.10 Å². The van der Waals surface area contributed by atoms with Crippen LogP contribution in [0.4, 0.5) is 39.5 Å². The minimum absolute atomic E-state index is 0.0419. The first kappa shape index (κ1) is 25.5. The standard InChI is InChI=1S/C14H16F9NO4S/c1-7(2)10(25)28-9-5-3-8(4-6-9)24-29(26,27)14(22,23)12(17,18)11(15,16)13(19,20)21/h8-9,24H,1,3-6H2,2H3. The normalized spacial score (nSPS) is 22.3. The summed E-state index contributed by atoms with van der Waals surface area (Å²) in [6.45, 7) is 4.64. The van der Waals surface area contributed by atoms with E-state index in [-0.39, 0.29) is 31.3 Å². The van der Waals surface area contributed by atoms with Gasteiger partial charge in [0.2, 0.25) is 0 Å². The Bertz CT molecular complexity index is 741. The largest absolute Gasteiger partial charge is 0.460 e. The van der Waals surface area contributed by atoms with Crippen molar-refractivity contribution >= 4 is 16.0 Å². The van der Waals surface area contributed by atoms with Crippen LogP contribution in [0.15, 0.2) is 12.2 Å². The number of hydrogen-bond acceptors (Lipinski definition) is 4. The Hall–Kier alpha value is -1.51. The van der Waals surface area contributed by atoms with E-state index < -0.39 is 51.4 Å². The van der Waals surface area contributed by atoms with E-state index in [1.807, 2.05) is 0 Å². The Morgan fingerprint density at radius 2 is 1.38 bits per heavy atom. The van der Waals surface area contributed by atoms with E-state index >= 15 is 0 Å². The van der Waals surface area contributed by atoms with Crippen LogP contribution in [0.1, 0.15) is 32.6 Å². The molecular weight excluding hydrogens is 449 g/mol. The van der Waals surface area contributed by atoms with E-state index in [1.54, 1.807) is 0 Å². The topological polar surface area (TPSA) is 72.5 Å². The van der Waals surface area contributed by atoms with Gasteiger partial charge in [-0.25, -0.2) is 17.9 Å². The summed E-state index contributed by atoms with van der Waals surface area (Å²) in [6, 6.07) is -1.47. The van der Waals surface area contributed by atoms with Gasteiger partial charge in [-0.1, -0.05) is 6.58 Å². The fourth-order valence-corrected chi connectivity index (χ4v) is 3.66. The predicted molar refractivity (Wildman–Crippen MR) is 79.9 cm³/mol. The monoisotopic (exact) mass is 465 g/mol. The fourth-order valence-electron chi connectivity index (χ4n) is 2.37. The summed E-state index contributed by atoms with van der Waals surface area (Å²) >= 11 is 0. The van der Waals surface area contributed by atoms with E-state index in [9.17, 15) is 52.7 Å². The Balaban J connectivity index is 2.92. The number of alkyl halides is 9. The number of halogens is 9. The molecule has 0 atom stereocenters. The number of rotatable bonds is 7. The van der Waals surface area contributed by atoms with Crippen LogP contribution in [-0.4, -0.2) is 49.8 Å². The van der Waals surface area contributed by atoms with Gasteiger partial charge < -0.3 is 4.74 Å². The van der Waals surface area contributed by atoms with Crippen molar-refractivity contribution in [1.82, 2.24) is 4.72 Å². The highest BCUT2D eigenvalue weighted by molar-refractivity contribution is 7.90. The lowest BCUT2D eigenvalue weighted by atomic mass is 9.94. The molecule has 1 rings (SSSR count). The third-order valence-corrected chi connectivity index (χ3v) is 5.65. The molecule has 0 aromatic carbocycles. The molecule has 0 amide bonds. The highest BCUT2D eigenvalue weighted by atomic mass is 32.2. The lowest BCUT2D eigenvalue weighted by Gasteiger charge is -2.35. The molecule has 170 valence electrons. The van der Waals surface area contributed by atoms with Gasteiger partial charge in [0, 0.05) is 11.6 Å². The van der Waals surface area contributed by atoms with E-state index in [0.717, 1.165) is 4.72 Å². The molecule has 0 radical (unpaired) electrons. The summed E-state index contributed by atoms with van der Waals surface area (Å²) in [5, 5.41) is -6.78. The average Bonchev–Trinajstić information content (AvgIpc) is 2.54. The molecular formula is C14H16F9NO4S. The minimum Gasteiger partial charge on any atom is -0.459 e. The molecule has 1 fully saturated rings. The second-order valence-corrected chi connectivity index (χ2v) is 8.20. The van der Waals surface area contributed by atoms with Crippen LogP contribution < -0.4 is 4.72 Å². The molecule has 0 spiro atoms. The van der Waals surface area contributed by atoms with E-state index in [2.05, 4.69) is 6.58 Å². The number of nitrogens with one attached hydrogen (secondary N) is 1. The van der Waals surface area contributed by atoms with E-state index in [0.29, 0.717) is 0 Å². The summed E-state index contributed by atoms with van der Waals surface area (Å²) in [7, 11) is -6.65. The van der Waals surface area contributed by atoms with Gasteiger partial charge in [0.25, 0.3) is 10.0 Å². The fraction of sp³-hybridized carbons (Fsp3) is 0.786. The van der Waals surface area contributed by atoms with Crippen LogP contribution in [0, 0.1) is 0 Å². The smallest absolute Gasteiger partial charge is 0.459 e. The SMILES string of the molecule is C=C(C)C(=O)OC1CCC(NS(=O)(=O)C(F)(F)C(F)(F)C(F)(F)C(F)(F)F)CC1. The van der Waals surface area contributed by atoms with E-state index in [1.165, 1.54) is 6.92 Å². The van der Waals surface area contributed by atoms with Crippen LogP contribution in [0.25, 0.3) is 0 Å². The Kier molecular flexibility index (Phi) is 7.01. The molecule has 1 aliphatic carbocycles. The summed E-state index contributed by atoms with van der Waals surface area (Å²) in [4.78, 5) is 11.4. The quantitative estimate of drug-likeness (QED) is 0.353. The molecule has 1 N–H and O–H groups in total. The molecule has 15 heteroatoms. The van der Waals surface area contributed by atoms with Gasteiger partial charge >= 0.3 is 29.2 Å². The molecule has 0 aliphatic heterocycles. The summed E-state index contributed by atoms with van der Waals surface area (Å²) < 4.78 is 145. The van der Waals surface area contributed by atoms with Crippen LogP contribution in [-0.2, 0) is 19.6 Å². The number of carbonyl (C=O) groups excluding carboxylic acids is 1. The lowest BCUT2D eigenvalue weighted by molar-refractivity contribution is -0.382. The first-order chi connectivity index (χ1) is 12.8. The van der Waals surface area contributed by atoms with Crippen molar-refractivity contribution in [2.24, 2.45) is 0 Å². The van der Waals surface area contributed by atoms with Crippen molar-refractivity contribution in [3.8, 4) is 0 Å². The van der Waals surface area contributed by atoms with Crippen LogP contribution in [0.3, 0.4) is 0 Å². The van der Waals surface area contributed by atoms with Gasteiger partial charge in [-0.05, 0) is 32.6 Å². The highest BCUT2D eigenvalue weighted by Gasteiger charge is 2.85. The Labute approximate surface area is 159 Å². The number of hydrogen-bond donors (Lipinski definition) is 1. The van der Waals surface area contributed by atoms with Crippen LogP contribution in [0.5, 0.6) is 0 Å². The second-order valence-electron chi connectivity index (χ2n) is 6.44. The van der Waals surface area contributed by atoms with Crippen LogP contribution in [0.2, 0.25) is 0 Å². The molecule has 29 heavy (non-hydrogen) atoms. The van der Waals surface area contributed by atoms with Crippen molar-refractivity contribution < 1.29 is 57.5 Å². The van der Waals surface area contributed by atoms with Crippen molar-refractivity contribution in [3.63, 3.8) is 0 Å². The average molecular weight is 465 g/mol.